The Morgan fingerprint density at radius 2 is 2.18 bits per heavy atom. The van der Waals surface area contributed by atoms with Crippen LogP contribution in [-0.4, -0.2) is 18.8 Å². The predicted molar refractivity (Wildman–Crippen MR) is 71.0 cm³/mol. The van der Waals surface area contributed by atoms with Gasteiger partial charge in [0.15, 0.2) is 0 Å². The minimum Gasteiger partial charge on any atom is -0.378 e. The van der Waals surface area contributed by atoms with E-state index in [4.69, 9.17) is 10.5 Å². The zero-order valence-electron chi connectivity index (χ0n) is 10.9. The number of hydrogen-bond acceptors (Lipinski definition) is 2. The van der Waals surface area contributed by atoms with Gasteiger partial charge >= 0.3 is 0 Å². The lowest BCUT2D eigenvalue weighted by Gasteiger charge is -2.24. The van der Waals surface area contributed by atoms with Gasteiger partial charge in [-0.25, -0.2) is 0 Å². The van der Waals surface area contributed by atoms with E-state index < -0.39 is 0 Å². The first-order valence-electron chi connectivity index (χ1n) is 6.64. The van der Waals surface area contributed by atoms with E-state index in [0.29, 0.717) is 12.0 Å². The molecule has 2 heteroatoms. The first-order chi connectivity index (χ1) is 8.22. The Morgan fingerprint density at radius 3 is 2.88 bits per heavy atom. The molecule has 3 atom stereocenters. The van der Waals surface area contributed by atoms with Crippen LogP contribution in [0.25, 0.3) is 0 Å². The third-order valence-electron chi connectivity index (χ3n) is 3.93. The molecule has 17 heavy (non-hydrogen) atoms. The number of aryl methyl sites for hydroxylation is 1. The van der Waals surface area contributed by atoms with Crippen LogP contribution in [0, 0.1) is 12.8 Å². The number of benzene rings is 1. The zero-order valence-corrected chi connectivity index (χ0v) is 10.9. The third kappa shape index (κ3) is 2.88. The Bertz CT molecular complexity index is 364. The Kier molecular flexibility index (Phi) is 4.19. The molecule has 1 aliphatic rings. The third-order valence-corrected chi connectivity index (χ3v) is 3.93. The minimum atomic E-state index is 0.226. The topological polar surface area (TPSA) is 35.2 Å². The van der Waals surface area contributed by atoms with Crippen LogP contribution in [0.15, 0.2) is 24.3 Å². The molecule has 0 bridgehead atoms. The smallest absolute Gasteiger partial charge is 0.0616 e. The lowest BCUT2D eigenvalue weighted by molar-refractivity contribution is 0.0814. The molecule has 1 aromatic carbocycles. The fourth-order valence-corrected chi connectivity index (χ4v) is 2.82. The zero-order chi connectivity index (χ0) is 12.3. The largest absolute Gasteiger partial charge is 0.378 e. The van der Waals surface area contributed by atoms with Crippen molar-refractivity contribution in [2.75, 3.05) is 6.61 Å². The second-order valence-corrected chi connectivity index (χ2v) is 5.06. The second-order valence-electron chi connectivity index (χ2n) is 5.06. The number of rotatable bonds is 4. The first-order valence-corrected chi connectivity index (χ1v) is 6.64. The molecule has 2 rings (SSSR count). The molecule has 0 saturated carbocycles. The molecule has 0 aromatic heterocycles. The quantitative estimate of drug-likeness (QED) is 0.867. The highest BCUT2D eigenvalue weighted by atomic mass is 16.5. The van der Waals surface area contributed by atoms with E-state index in [-0.39, 0.29) is 6.04 Å². The maximum Gasteiger partial charge on any atom is 0.0616 e. The van der Waals surface area contributed by atoms with Crippen LogP contribution < -0.4 is 5.73 Å². The fraction of sp³-hybridized carbons (Fsp3) is 0.600. The molecule has 0 amide bonds. The van der Waals surface area contributed by atoms with E-state index in [9.17, 15) is 0 Å². The molecular formula is C15H23NO. The van der Waals surface area contributed by atoms with Gasteiger partial charge in [0.05, 0.1) is 6.10 Å². The van der Waals surface area contributed by atoms with E-state index in [1.54, 1.807) is 0 Å². The summed E-state index contributed by atoms with van der Waals surface area (Å²) >= 11 is 0. The van der Waals surface area contributed by atoms with Crippen LogP contribution in [0.3, 0.4) is 0 Å². The molecule has 1 aliphatic heterocycles. The molecular weight excluding hydrogens is 210 g/mol. The first kappa shape index (κ1) is 12.6. The van der Waals surface area contributed by atoms with E-state index in [1.165, 1.54) is 11.1 Å². The Balaban J connectivity index is 2.01. The molecule has 1 fully saturated rings. The van der Waals surface area contributed by atoms with Crippen LogP contribution in [0.1, 0.15) is 30.9 Å². The van der Waals surface area contributed by atoms with Gasteiger partial charge in [-0.05, 0) is 37.3 Å². The Labute approximate surface area is 104 Å². The second kappa shape index (κ2) is 5.65. The van der Waals surface area contributed by atoms with Gasteiger partial charge in [-0.15, -0.1) is 0 Å². The summed E-state index contributed by atoms with van der Waals surface area (Å²) in [6.45, 7) is 5.22. The highest BCUT2D eigenvalue weighted by Gasteiger charge is 2.31. The summed E-state index contributed by atoms with van der Waals surface area (Å²) in [7, 11) is 0. The van der Waals surface area contributed by atoms with Crippen molar-refractivity contribution in [1.82, 2.24) is 0 Å². The van der Waals surface area contributed by atoms with Gasteiger partial charge in [0.1, 0.15) is 0 Å². The van der Waals surface area contributed by atoms with Crippen molar-refractivity contribution in [3.8, 4) is 0 Å². The number of hydrogen-bond donors (Lipinski definition) is 1. The van der Waals surface area contributed by atoms with Crippen molar-refractivity contribution in [3.05, 3.63) is 35.4 Å². The number of ether oxygens (including phenoxy) is 1. The van der Waals surface area contributed by atoms with Crippen molar-refractivity contribution < 1.29 is 4.74 Å². The highest BCUT2D eigenvalue weighted by molar-refractivity contribution is 5.26. The van der Waals surface area contributed by atoms with E-state index in [1.807, 2.05) is 0 Å². The normalized spacial score (nSPS) is 26.1. The van der Waals surface area contributed by atoms with Gasteiger partial charge in [0, 0.05) is 18.6 Å². The van der Waals surface area contributed by atoms with Gasteiger partial charge in [-0.3, -0.25) is 0 Å². The van der Waals surface area contributed by atoms with Crippen LogP contribution in [-0.2, 0) is 11.2 Å². The summed E-state index contributed by atoms with van der Waals surface area (Å²) in [6, 6.07) is 8.75. The maximum absolute atomic E-state index is 6.37. The van der Waals surface area contributed by atoms with Crippen molar-refractivity contribution in [3.63, 3.8) is 0 Å². The molecule has 2 N–H and O–H groups in total. The Hall–Kier alpha value is -0.860. The summed E-state index contributed by atoms with van der Waals surface area (Å²) < 4.78 is 5.72. The minimum absolute atomic E-state index is 0.226. The van der Waals surface area contributed by atoms with Crippen molar-refractivity contribution in [2.45, 2.75) is 45.3 Å². The summed E-state index contributed by atoms with van der Waals surface area (Å²) in [4.78, 5) is 0. The predicted octanol–water partition coefficient (Wildman–Crippen LogP) is 2.68. The molecule has 1 saturated heterocycles. The lowest BCUT2D eigenvalue weighted by atomic mass is 9.87. The molecule has 94 valence electrons. The van der Waals surface area contributed by atoms with E-state index in [0.717, 1.165) is 25.9 Å². The van der Waals surface area contributed by atoms with E-state index in [2.05, 4.69) is 38.1 Å². The van der Waals surface area contributed by atoms with Gasteiger partial charge in [-0.1, -0.05) is 31.2 Å². The molecule has 0 spiro atoms. The van der Waals surface area contributed by atoms with E-state index >= 15 is 0 Å². The monoisotopic (exact) mass is 233 g/mol. The molecule has 0 radical (unpaired) electrons. The van der Waals surface area contributed by atoms with Crippen LogP contribution >= 0.6 is 0 Å². The summed E-state index contributed by atoms with van der Waals surface area (Å²) in [5.41, 5.74) is 9.08. The van der Waals surface area contributed by atoms with Crippen molar-refractivity contribution >= 4 is 0 Å². The lowest BCUT2D eigenvalue weighted by Crippen LogP contribution is -2.37. The molecule has 3 unspecified atom stereocenters. The maximum atomic E-state index is 6.37. The standard InChI is InChI=1S/C15H23NO/c1-3-15-13(8-9-17-15)14(16)10-12-7-5-4-6-11(12)2/h4-7,13-15H,3,8-10,16H2,1-2H3. The van der Waals surface area contributed by atoms with Gasteiger partial charge < -0.3 is 10.5 Å². The summed E-state index contributed by atoms with van der Waals surface area (Å²) in [5, 5.41) is 0. The average molecular weight is 233 g/mol. The van der Waals surface area contributed by atoms with Crippen LogP contribution in [0.2, 0.25) is 0 Å². The van der Waals surface area contributed by atoms with Crippen molar-refractivity contribution in [2.24, 2.45) is 11.7 Å². The SMILES string of the molecule is CCC1OCCC1C(N)Cc1ccccc1C. The molecule has 1 heterocycles. The molecule has 1 aromatic rings. The average Bonchev–Trinajstić information content (AvgIpc) is 2.80. The van der Waals surface area contributed by atoms with Crippen LogP contribution in [0.4, 0.5) is 0 Å². The molecule has 0 aliphatic carbocycles. The van der Waals surface area contributed by atoms with Gasteiger partial charge in [0.2, 0.25) is 0 Å². The molecule has 2 nitrogen and oxygen atoms in total. The van der Waals surface area contributed by atoms with Gasteiger partial charge in [0.25, 0.3) is 0 Å². The number of nitrogens with two attached hydrogens (primary N) is 1. The highest BCUT2D eigenvalue weighted by Crippen LogP contribution is 2.27. The van der Waals surface area contributed by atoms with Gasteiger partial charge in [-0.2, -0.15) is 0 Å². The summed E-state index contributed by atoms with van der Waals surface area (Å²) in [5.74, 6) is 0.527. The Morgan fingerprint density at radius 1 is 1.41 bits per heavy atom. The fourth-order valence-electron chi connectivity index (χ4n) is 2.82. The van der Waals surface area contributed by atoms with Crippen LogP contribution in [0.5, 0.6) is 0 Å². The summed E-state index contributed by atoms with van der Waals surface area (Å²) in [6.07, 6.45) is 3.53. The van der Waals surface area contributed by atoms with Crippen molar-refractivity contribution in [1.29, 1.82) is 0 Å².